The van der Waals surface area contributed by atoms with Crippen molar-refractivity contribution in [3.63, 3.8) is 0 Å². The number of halogens is 1. The highest BCUT2D eigenvalue weighted by Gasteiger charge is 2.05. The van der Waals surface area contributed by atoms with E-state index >= 15 is 0 Å². The van der Waals surface area contributed by atoms with E-state index in [2.05, 4.69) is 42.2 Å². The molecule has 0 saturated carbocycles. The first-order chi connectivity index (χ1) is 11.1. The third kappa shape index (κ3) is 3.96. The number of thioether (sulfide) groups is 1. The predicted octanol–water partition coefficient (Wildman–Crippen LogP) is 5.19. The van der Waals surface area contributed by atoms with Gasteiger partial charge in [0.1, 0.15) is 10.8 Å². The Kier molecular flexibility index (Phi) is 4.72. The summed E-state index contributed by atoms with van der Waals surface area (Å²) in [6.45, 7) is 4.16. The summed E-state index contributed by atoms with van der Waals surface area (Å²) >= 11 is 1.55. The van der Waals surface area contributed by atoms with E-state index in [4.69, 9.17) is 0 Å². The van der Waals surface area contributed by atoms with Gasteiger partial charge in [-0.05, 0) is 49.2 Å². The van der Waals surface area contributed by atoms with Gasteiger partial charge in [0.2, 0.25) is 0 Å². The lowest BCUT2D eigenvalue weighted by Crippen LogP contribution is -1.92. The fourth-order valence-electron chi connectivity index (χ4n) is 2.43. The smallest absolute Gasteiger partial charge is 0.123 e. The van der Waals surface area contributed by atoms with Crippen LogP contribution in [0.1, 0.15) is 16.7 Å². The number of nitrogens with zero attached hydrogens (tertiary/aromatic N) is 2. The van der Waals surface area contributed by atoms with Gasteiger partial charge in [0, 0.05) is 11.3 Å². The van der Waals surface area contributed by atoms with Crippen LogP contribution in [0.15, 0.2) is 59.6 Å². The molecule has 2 aromatic carbocycles. The van der Waals surface area contributed by atoms with Crippen molar-refractivity contribution < 1.29 is 4.39 Å². The highest BCUT2D eigenvalue weighted by molar-refractivity contribution is 7.98. The highest BCUT2D eigenvalue weighted by Crippen LogP contribution is 2.25. The van der Waals surface area contributed by atoms with E-state index in [1.165, 1.54) is 17.2 Å². The lowest BCUT2D eigenvalue weighted by molar-refractivity contribution is 0.626. The Morgan fingerprint density at radius 2 is 1.83 bits per heavy atom. The van der Waals surface area contributed by atoms with E-state index < -0.39 is 0 Å². The monoisotopic (exact) mass is 324 g/mol. The Morgan fingerprint density at radius 1 is 0.957 bits per heavy atom. The zero-order chi connectivity index (χ0) is 16.2. The first-order valence-corrected chi connectivity index (χ1v) is 8.39. The van der Waals surface area contributed by atoms with Gasteiger partial charge in [-0.2, -0.15) is 0 Å². The standard InChI is InChI=1S/C19H17FN2S/c1-13-6-7-17(14(2)10-13)18-8-9-19(22-21-18)23-12-15-4-3-5-16(20)11-15/h3-11H,12H2,1-2H3. The highest BCUT2D eigenvalue weighted by atomic mass is 32.2. The topological polar surface area (TPSA) is 25.8 Å². The summed E-state index contributed by atoms with van der Waals surface area (Å²) in [6, 6.07) is 16.9. The molecule has 23 heavy (non-hydrogen) atoms. The number of aromatic nitrogens is 2. The van der Waals surface area contributed by atoms with Crippen LogP contribution in [0.4, 0.5) is 4.39 Å². The Hall–Kier alpha value is -2.20. The molecule has 3 aromatic rings. The molecule has 0 fully saturated rings. The maximum atomic E-state index is 13.2. The molecule has 0 amide bonds. The summed E-state index contributed by atoms with van der Waals surface area (Å²) in [7, 11) is 0. The van der Waals surface area contributed by atoms with Crippen LogP contribution in [0.3, 0.4) is 0 Å². The molecule has 0 aliphatic carbocycles. The number of aryl methyl sites for hydroxylation is 2. The van der Waals surface area contributed by atoms with Gasteiger partial charge in [0.15, 0.2) is 0 Å². The van der Waals surface area contributed by atoms with E-state index in [1.807, 2.05) is 18.2 Å². The van der Waals surface area contributed by atoms with Crippen molar-refractivity contribution in [1.29, 1.82) is 0 Å². The Labute approximate surface area is 139 Å². The molecule has 0 aliphatic heterocycles. The predicted molar refractivity (Wildman–Crippen MR) is 92.9 cm³/mol. The fraction of sp³-hybridized carbons (Fsp3) is 0.158. The molecule has 0 radical (unpaired) electrons. The molecule has 0 atom stereocenters. The largest absolute Gasteiger partial charge is 0.207 e. The molecule has 4 heteroatoms. The summed E-state index contributed by atoms with van der Waals surface area (Å²) in [6.07, 6.45) is 0. The third-order valence-electron chi connectivity index (χ3n) is 3.57. The molecule has 1 heterocycles. The molecule has 0 unspecified atom stereocenters. The minimum atomic E-state index is -0.209. The number of rotatable bonds is 4. The van der Waals surface area contributed by atoms with Crippen molar-refractivity contribution >= 4 is 11.8 Å². The number of hydrogen-bond acceptors (Lipinski definition) is 3. The quantitative estimate of drug-likeness (QED) is 0.618. The van der Waals surface area contributed by atoms with Crippen LogP contribution in [0, 0.1) is 19.7 Å². The molecular weight excluding hydrogens is 307 g/mol. The van der Waals surface area contributed by atoms with Gasteiger partial charge in [-0.1, -0.05) is 47.7 Å². The summed E-state index contributed by atoms with van der Waals surface area (Å²) in [5.74, 6) is 0.467. The SMILES string of the molecule is Cc1ccc(-c2ccc(SCc3cccc(F)c3)nn2)c(C)c1. The molecule has 116 valence electrons. The van der Waals surface area contributed by atoms with E-state index in [0.29, 0.717) is 5.75 Å². The third-order valence-corrected chi connectivity index (χ3v) is 4.56. The van der Waals surface area contributed by atoms with Gasteiger partial charge >= 0.3 is 0 Å². The minimum absolute atomic E-state index is 0.209. The molecule has 1 aromatic heterocycles. The molecule has 0 aliphatic rings. The van der Waals surface area contributed by atoms with Crippen molar-refractivity contribution in [3.8, 4) is 11.3 Å². The Bertz CT molecular complexity index is 816. The molecule has 0 N–H and O–H groups in total. The Balaban J connectivity index is 1.72. The summed E-state index contributed by atoms with van der Waals surface area (Å²) in [5.41, 5.74) is 5.35. The van der Waals surface area contributed by atoms with E-state index in [-0.39, 0.29) is 5.82 Å². The Morgan fingerprint density at radius 3 is 2.52 bits per heavy atom. The normalized spacial score (nSPS) is 10.7. The summed E-state index contributed by atoms with van der Waals surface area (Å²) < 4.78 is 13.2. The average molecular weight is 324 g/mol. The van der Waals surface area contributed by atoms with Gasteiger partial charge in [-0.15, -0.1) is 10.2 Å². The van der Waals surface area contributed by atoms with Gasteiger partial charge in [-0.25, -0.2) is 4.39 Å². The van der Waals surface area contributed by atoms with Crippen LogP contribution >= 0.6 is 11.8 Å². The van der Waals surface area contributed by atoms with Crippen LogP contribution in [0.2, 0.25) is 0 Å². The fourth-order valence-corrected chi connectivity index (χ4v) is 3.18. The number of benzene rings is 2. The second kappa shape index (κ2) is 6.92. The van der Waals surface area contributed by atoms with Crippen LogP contribution in [0.25, 0.3) is 11.3 Å². The van der Waals surface area contributed by atoms with E-state index in [0.717, 1.165) is 21.8 Å². The minimum Gasteiger partial charge on any atom is -0.207 e. The maximum Gasteiger partial charge on any atom is 0.123 e. The molecule has 0 bridgehead atoms. The summed E-state index contributed by atoms with van der Waals surface area (Å²) in [4.78, 5) is 0. The van der Waals surface area contributed by atoms with Crippen LogP contribution in [-0.4, -0.2) is 10.2 Å². The van der Waals surface area contributed by atoms with Crippen molar-refractivity contribution in [2.75, 3.05) is 0 Å². The van der Waals surface area contributed by atoms with Crippen LogP contribution < -0.4 is 0 Å². The number of hydrogen-bond donors (Lipinski definition) is 0. The second-order valence-corrected chi connectivity index (χ2v) is 6.49. The first kappa shape index (κ1) is 15.7. The van der Waals surface area contributed by atoms with Gasteiger partial charge in [0.25, 0.3) is 0 Å². The van der Waals surface area contributed by atoms with Crippen molar-refractivity contribution in [2.45, 2.75) is 24.6 Å². The first-order valence-electron chi connectivity index (χ1n) is 7.40. The average Bonchev–Trinajstić information content (AvgIpc) is 2.54. The molecular formula is C19H17FN2S. The molecule has 3 rings (SSSR count). The summed E-state index contributed by atoms with van der Waals surface area (Å²) in [5, 5.41) is 9.44. The van der Waals surface area contributed by atoms with E-state index in [9.17, 15) is 4.39 Å². The maximum absolute atomic E-state index is 13.2. The second-order valence-electron chi connectivity index (χ2n) is 5.49. The lowest BCUT2D eigenvalue weighted by atomic mass is 10.0. The van der Waals surface area contributed by atoms with Gasteiger partial charge in [-0.3, -0.25) is 0 Å². The molecule has 0 saturated heterocycles. The molecule has 2 nitrogen and oxygen atoms in total. The van der Waals surface area contributed by atoms with Crippen LogP contribution in [-0.2, 0) is 5.75 Å². The lowest BCUT2D eigenvalue weighted by Gasteiger charge is -2.06. The zero-order valence-corrected chi connectivity index (χ0v) is 13.9. The van der Waals surface area contributed by atoms with E-state index in [1.54, 1.807) is 23.9 Å². The van der Waals surface area contributed by atoms with Crippen LogP contribution in [0.5, 0.6) is 0 Å². The van der Waals surface area contributed by atoms with Crippen molar-refractivity contribution in [2.24, 2.45) is 0 Å². The van der Waals surface area contributed by atoms with Crippen molar-refractivity contribution in [1.82, 2.24) is 10.2 Å². The van der Waals surface area contributed by atoms with Crippen molar-refractivity contribution in [3.05, 3.63) is 77.1 Å². The molecule has 0 spiro atoms. The van der Waals surface area contributed by atoms with Gasteiger partial charge in [0.05, 0.1) is 5.69 Å². The zero-order valence-electron chi connectivity index (χ0n) is 13.1. The van der Waals surface area contributed by atoms with Gasteiger partial charge < -0.3 is 0 Å².